The fourth-order valence-electron chi connectivity index (χ4n) is 2.41. The van der Waals surface area contributed by atoms with Gasteiger partial charge in [-0.2, -0.15) is 0 Å². The van der Waals surface area contributed by atoms with Crippen LogP contribution >= 0.6 is 0 Å². The highest BCUT2D eigenvalue weighted by molar-refractivity contribution is 5.35. The Morgan fingerprint density at radius 1 is 1.00 bits per heavy atom. The van der Waals surface area contributed by atoms with Crippen LogP contribution in [0, 0.1) is 0 Å². The first kappa shape index (κ1) is 8.78. The first-order chi connectivity index (χ1) is 7.42. The summed E-state index contributed by atoms with van der Waals surface area (Å²) in [5.74, 6) is 0. The maximum atomic E-state index is 2.38. The van der Waals surface area contributed by atoms with Crippen LogP contribution in [0.2, 0.25) is 0 Å². The minimum atomic E-state index is 1.00. The van der Waals surface area contributed by atoms with Crippen molar-refractivity contribution in [2.45, 2.75) is 25.8 Å². The minimum absolute atomic E-state index is 1.00. The van der Waals surface area contributed by atoms with Crippen LogP contribution in [0.25, 0.3) is 0 Å². The number of nitrogens with zero attached hydrogens (tertiary/aromatic N) is 1. The Morgan fingerprint density at radius 2 is 1.80 bits per heavy atom. The standard InChI is InChI=1S/C14H15N/c1-2-9-15(8-1)11-12-6-7-13-4-3-5-14(13)10-12/h1-2,6-10H,3-5,11H2. The smallest absolute Gasteiger partial charge is 0.0470 e. The lowest BCUT2D eigenvalue weighted by Crippen LogP contribution is -1.97. The summed E-state index contributed by atoms with van der Waals surface area (Å²) in [5, 5.41) is 0. The summed E-state index contributed by atoms with van der Waals surface area (Å²) < 4.78 is 2.22. The van der Waals surface area contributed by atoms with Gasteiger partial charge in [-0.1, -0.05) is 18.2 Å². The monoisotopic (exact) mass is 197 g/mol. The molecule has 0 atom stereocenters. The summed E-state index contributed by atoms with van der Waals surface area (Å²) in [5.41, 5.74) is 4.55. The summed E-state index contributed by atoms with van der Waals surface area (Å²) >= 11 is 0. The van der Waals surface area contributed by atoms with E-state index in [4.69, 9.17) is 0 Å². The third-order valence-electron chi connectivity index (χ3n) is 3.19. The molecule has 0 radical (unpaired) electrons. The Bertz CT molecular complexity index is 454. The molecule has 15 heavy (non-hydrogen) atoms. The van der Waals surface area contributed by atoms with Crippen molar-refractivity contribution in [1.29, 1.82) is 0 Å². The third kappa shape index (κ3) is 1.70. The Morgan fingerprint density at radius 3 is 2.67 bits per heavy atom. The Labute approximate surface area is 90.4 Å². The van der Waals surface area contributed by atoms with E-state index in [9.17, 15) is 0 Å². The largest absolute Gasteiger partial charge is 0.350 e. The van der Waals surface area contributed by atoms with Gasteiger partial charge in [-0.05, 0) is 48.1 Å². The molecule has 2 aromatic rings. The number of hydrogen-bond donors (Lipinski definition) is 0. The fraction of sp³-hybridized carbons (Fsp3) is 0.286. The van der Waals surface area contributed by atoms with E-state index in [2.05, 4.69) is 47.3 Å². The molecule has 1 heteroatoms. The second kappa shape index (κ2) is 3.58. The molecule has 3 rings (SSSR count). The van der Waals surface area contributed by atoms with Gasteiger partial charge in [-0.3, -0.25) is 0 Å². The molecule has 76 valence electrons. The second-order valence-corrected chi connectivity index (χ2v) is 4.31. The summed E-state index contributed by atoms with van der Waals surface area (Å²) in [6.45, 7) is 1.00. The molecule has 0 N–H and O–H groups in total. The number of aryl methyl sites for hydroxylation is 2. The van der Waals surface area contributed by atoms with Crippen LogP contribution in [0.15, 0.2) is 42.7 Å². The highest BCUT2D eigenvalue weighted by Crippen LogP contribution is 2.23. The molecule has 0 spiro atoms. The van der Waals surface area contributed by atoms with Gasteiger partial charge in [0.1, 0.15) is 0 Å². The van der Waals surface area contributed by atoms with Crippen molar-refractivity contribution in [2.24, 2.45) is 0 Å². The third-order valence-corrected chi connectivity index (χ3v) is 3.19. The normalized spacial score (nSPS) is 14.1. The molecule has 1 aliphatic carbocycles. The van der Waals surface area contributed by atoms with Crippen LogP contribution in [0.1, 0.15) is 23.1 Å². The molecule has 0 saturated carbocycles. The van der Waals surface area contributed by atoms with Crippen LogP contribution in [0.5, 0.6) is 0 Å². The van der Waals surface area contributed by atoms with E-state index in [-0.39, 0.29) is 0 Å². The van der Waals surface area contributed by atoms with E-state index >= 15 is 0 Å². The van der Waals surface area contributed by atoms with Crippen LogP contribution in [0.4, 0.5) is 0 Å². The zero-order valence-corrected chi connectivity index (χ0v) is 8.82. The molecule has 1 aromatic carbocycles. The SMILES string of the molecule is c1ccn(Cc2ccc3c(c2)CCC3)c1. The van der Waals surface area contributed by atoms with Gasteiger partial charge < -0.3 is 4.57 Å². The van der Waals surface area contributed by atoms with Gasteiger partial charge in [-0.15, -0.1) is 0 Å². The lowest BCUT2D eigenvalue weighted by molar-refractivity contribution is 0.804. The van der Waals surface area contributed by atoms with Gasteiger partial charge in [0.2, 0.25) is 0 Å². The summed E-state index contributed by atoms with van der Waals surface area (Å²) in [7, 11) is 0. The van der Waals surface area contributed by atoms with E-state index in [1.54, 1.807) is 11.1 Å². The van der Waals surface area contributed by atoms with Gasteiger partial charge in [0, 0.05) is 18.9 Å². The van der Waals surface area contributed by atoms with Gasteiger partial charge >= 0.3 is 0 Å². The first-order valence-electron chi connectivity index (χ1n) is 5.63. The Balaban J connectivity index is 1.87. The van der Waals surface area contributed by atoms with Crippen LogP contribution in [-0.2, 0) is 19.4 Å². The zero-order chi connectivity index (χ0) is 10.1. The second-order valence-electron chi connectivity index (χ2n) is 4.31. The molecule has 0 fully saturated rings. The van der Waals surface area contributed by atoms with Gasteiger partial charge in [0.25, 0.3) is 0 Å². The maximum Gasteiger partial charge on any atom is 0.0470 e. The van der Waals surface area contributed by atoms with Crippen molar-refractivity contribution >= 4 is 0 Å². The van der Waals surface area contributed by atoms with Crippen molar-refractivity contribution in [1.82, 2.24) is 4.57 Å². The van der Waals surface area contributed by atoms with Crippen LogP contribution < -0.4 is 0 Å². The molecule has 0 aliphatic heterocycles. The van der Waals surface area contributed by atoms with Crippen LogP contribution in [0.3, 0.4) is 0 Å². The molecule has 1 aliphatic rings. The molecule has 0 unspecified atom stereocenters. The molecule has 0 bridgehead atoms. The van der Waals surface area contributed by atoms with Crippen molar-refractivity contribution in [3.05, 3.63) is 59.4 Å². The fourth-order valence-corrected chi connectivity index (χ4v) is 2.41. The predicted molar refractivity (Wildman–Crippen MR) is 62.0 cm³/mol. The van der Waals surface area contributed by atoms with E-state index < -0.39 is 0 Å². The van der Waals surface area contributed by atoms with Crippen LogP contribution in [-0.4, -0.2) is 4.57 Å². The van der Waals surface area contributed by atoms with Gasteiger partial charge in [-0.25, -0.2) is 0 Å². The lowest BCUT2D eigenvalue weighted by atomic mass is 10.1. The van der Waals surface area contributed by atoms with E-state index in [0.717, 1.165) is 6.54 Å². The highest BCUT2D eigenvalue weighted by Gasteiger charge is 2.10. The van der Waals surface area contributed by atoms with Crippen molar-refractivity contribution < 1.29 is 0 Å². The highest BCUT2D eigenvalue weighted by atomic mass is 14.9. The van der Waals surface area contributed by atoms with Crippen molar-refractivity contribution in [3.8, 4) is 0 Å². The first-order valence-corrected chi connectivity index (χ1v) is 5.63. The van der Waals surface area contributed by atoms with E-state index in [1.807, 2.05) is 0 Å². The molecule has 1 aromatic heterocycles. The molecule has 1 nitrogen and oxygen atoms in total. The maximum absolute atomic E-state index is 2.38. The van der Waals surface area contributed by atoms with Crippen molar-refractivity contribution in [2.75, 3.05) is 0 Å². The number of rotatable bonds is 2. The Kier molecular flexibility index (Phi) is 2.09. The molecule has 0 amide bonds. The quantitative estimate of drug-likeness (QED) is 0.697. The number of fused-ring (bicyclic) bond motifs is 1. The van der Waals surface area contributed by atoms with Gasteiger partial charge in [0.15, 0.2) is 0 Å². The minimum Gasteiger partial charge on any atom is -0.350 e. The zero-order valence-electron chi connectivity index (χ0n) is 8.82. The predicted octanol–water partition coefficient (Wildman–Crippen LogP) is 3.03. The van der Waals surface area contributed by atoms with Crippen molar-refractivity contribution in [3.63, 3.8) is 0 Å². The molecule has 1 heterocycles. The average molecular weight is 197 g/mol. The average Bonchev–Trinajstić information content (AvgIpc) is 2.87. The van der Waals surface area contributed by atoms with E-state index in [1.165, 1.54) is 24.8 Å². The number of benzene rings is 1. The summed E-state index contributed by atoms with van der Waals surface area (Å²) in [4.78, 5) is 0. The number of hydrogen-bond acceptors (Lipinski definition) is 0. The van der Waals surface area contributed by atoms with E-state index in [0.29, 0.717) is 0 Å². The summed E-state index contributed by atoms with van der Waals surface area (Å²) in [6, 6.07) is 11.1. The number of aromatic nitrogens is 1. The molecular weight excluding hydrogens is 182 g/mol. The molecule has 0 saturated heterocycles. The lowest BCUT2D eigenvalue weighted by Gasteiger charge is -2.06. The topological polar surface area (TPSA) is 4.93 Å². The van der Waals surface area contributed by atoms with Gasteiger partial charge in [0.05, 0.1) is 0 Å². The summed E-state index contributed by atoms with van der Waals surface area (Å²) in [6.07, 6.45) is 8.12. The molecular formula is C14H15N. The Hall–Kier alpha value is -1.50.